The molecule has 1 heterocycles. The molecule has 110 valence electrons. The van der Waals surface area contributed by atoms with E-state index in [-0.39, 0.29) is 11.6 Å². The van der Waals surface area contributed by atoms with Crippen LogP contribution in [0.3, 0.4) is 0 Å². The molecule has 0 unspecified atom stereocenters. The molecular weight excluding hydrogens is 359 g/mol. The largest absolute Gasteiger partial charge is 0.434 e. The highest BCUT2D eigenvalue weighted by molar-refractivity contribution is 9.10. The number of hydrogen-bond acceptors (Lipinski definition) is 3. The standard InChI is InChI=1S/C15H13BrClFN2O/c16-10-1-4-13(18)14(6-10)21-15-12(17)5-9(8-20-15)7-19-11-2-3-11/h1,4-6,8,11,19H,2-3,7H2. The molecule has 1 aliphatic carbocycles. The van der Waals surface area contributed by atoms with E-state index in [1.54, 1.807) is 18.3 Å². The van der Waals surface area contributed by atoms with Gasteiger partial charge in [0, 0.05) is 23.3 Å². The molecule has 3 nitrogen and oxygen atoms in total. The van der Waals surface area contributed by atoms with Crippen molar-refractivity contribution in [1.82, 2.24) is 10.3 Å². The summed E-state index contributed by atoms with van der Waals surface area (Å²) < 4.78 is 19.8. The minimum Gasteiger partial charge on any atom is -0.434 e. The van der Waals surface area contributed by atoms with Crippen LogP contribution >= 0.6 is 27.5 Å². The van der Waals surface area contributed by atoms with Gasteiger partial charge in [0.2, 0.25) is 5.88 Å². The molecular formula is C15H13BrClFN2O. The first-order valence-corrected chi connectivity index (χ1v) is 7.79. The van der Waals surface area contributed by atoms with Crippen molar-refractivity contribution in [2.75, 3.05) is 0 Å². The fourth-order valence-corrected chi connectivity index (χ4v) is 2.41. The van der Waals surface area contributed by atoms with Crippen molar-refractivity contribution in [3.8, 4) is 11.6 Å². The van der Waals surface area contributed by atoms with Gasteiger partial charge in [-0.3, -0.25) is 0 Å². The van der Waals surface area contributed by atoms with Crippen molar-refractivity contribution in [2.45, 2.75) is 25.4 Å². The number of pyridine rings is 1. The molecule has 0 atom stereocenters. The molecule has 0 spiro atoms. The summed E-state index contributed by atoms with van der Waals surface area (Å²) in [6, 6.07) is 6.87. The average molecular weight is 372 g/mol. The van der Waals surface area contributed by atoms with Gasteiger partial charge < -0.3 is 10.1 Å². The molecule has 1 aliphatic rings. The number of aromatic nitrogens is 1. The van der Waals surface area contributed by atoms with Gasteiger partial charge in [-0.25, -0.2) is 9.37 Å². The molecule has 0 saturated heterocycles. The number of nitrogens with zero attached hydrogens (tertiary/aromatic N) is 1. The Kier molecular flexibility index (Phi) is 4.42. The van der Waals surface area contributed by atoms with Crippen molar-refractivity contribution in [1.29, 1.82) is 0 Å². The average Bonchev–Trinajstić information content (AvgIpc) is 3.27. The van der Waals surface area contributed by atoms with Crippen LogP contribution in [0.2, 0.25) is 5.02 Å². The smallest absolute Gasteiger partial charge is 0.238 e. The van der Waals surface area contributed by atoms with Crippen molar-refractivity contribution < 1.29 is 9.13 Å². The van der Waals surface area contributed by atoms with Gasteiger partial charge in [0.05, 0.1) is 0 Å². The summed E-state index contributed by atoms with van der Waals surface area (Å²) in [6.45, 7) is 0.725. The minimum atomic E-state index is -0.462. The predicted octanol–water partition coefficient (Wildman–Crippen LogP) is 4.68. The van der Waals surface area contributed by atoms with Crippen LogP contribution in [0, 0.1) is 5.82 Å². The monoisotopic (exact) mass is 370 g/mol. The van der Waals surface area contributed by atoms with Gasteiger partial charge in [-0.05, 0) is 42.7 Å². The van der Waals surface area contributed by atoms with E-state index < -0.39 is 5.82 Å². The highest BCUT2D eigenvalue weighted by Crippen LogP contribution is 2.31. The summed E-state index contributed by atoms with van der Waals surface area (Å²) in [7, 11) is 0. The molecule has 2 aromatic rings. The fourth-order valence-electron chi connectivity index (χ4n) is 1.85. The van der Waals surface area contributed by atoms with Crippen LogP contribution < -0.4 is 10.1 Å². The second-order valence-corrected chi connectivity index (χ2v) is 6.29. The fraction of sp³-hybridized carbons (Fsp3) is 0.267. The molecule has 0 aliphatic heterocycles. The van der Waals surface area contributed by atoms with Gasteiger partial charge in [0.1, 0.15) is 5.02 Å². The molecule has 0 bridgehead atoms. The predicted molar refractivity (Wildman–Crippen MR) is 83.3 cm³/mol. The molecule has 1 aromatic heterocycles. The second kappa shape index (κ2) is 6.30. The van der Waals surface area contributed by atoms with Crippen LogP contribution in [-0.4, -0.2) is 11.0 Å². The molecule has 6 heteroatoms. The quantitative estimate of drug-likeness (QED) is 0.828. The number of halogens is 3. The van der Waals surface area contributed by atoms with Crippen molar-refractivity contribution in [3.63, 3.8) is 0 Å². The van der Waals surface area contributed by atoms with Crippen LogP contribution in [-0.2, 0) is 6.54 Å². The van der Waals surface area contributed by atoms with Gasteiger partial charge in [0.15, 0.2) is 11.6 Å². The van der Waals surface area contributed by atoms with Crippen molar-refractivity contribution in [2.24, 2.45) is 0 Å². The summed E-state index contributed by atoms with van der Waals surface area (Å²) in [5, 5.41) is 3.75. The van der Waals surface area contributed by atoms with Crippen molar-refractivity contribution in [3.05, 3.63) is 51.3 Å². The van der Waals surface area contributed by atoms with E-state index in [9.17, 15) is 4.39 Å². The molecule has 0 amide bonds. The van der Waals surface area contributed by atoms with Crippen LogP contribution in [0.5, 0.6) is 11.6 Å². The third-order valence-corrected chi connectivity index (χ3v) is 3.90. The maximum atomic E-state index is 13.7. The zero-order chi connectivity index (χ0) is 14.8. The lowest BCUT2D eigenvalue weighted by Crippen LogP contribution is -2.15. The number of hydrogen-bond donors (Lipinski definition) is 1. The normalized spacial score (nSPS) is 14.2. The third-order valence-electron chi connectivity index (χ3n) is 3.14. The Morgan fingerprint density at radius 3 is 2.90 bits per heavy atom. The van der Waals surface area contributed by atoms with Gasteiger partial charge in [-0.15, -0.1) is 0 Å². The van der Waals surface area contributed by atoms with Gasteiger partial charge in [-0.2, -0.15) is 0 Å². The summed E-state index contributed by atoms with van der Waals surface area (Å²) in [6.07, 6.45) is 4.14. The molecule has 1 N–H and O–H groups in total. The van der Waals surface area contributed by atoms with E-state index in [2.05, 4.69) is 26.2 Å². The summed E-state index contributed by atoms with van der Waals surface area (Å²) >= 11 is 9.42. The Morgan fingerprint density at radius 1 is 1.38 bits per heavy atom. The van der Waals surface area contributed by atoms with Gasteiger partial charge >= 0.3 is 0 Å². The number of benzene rings is 1. The summed E-state index contributed by atoms with van der Waals surface area (Å²) in [5.74, 6) is -0.179. The Morgan fingerprint density at radius 2 is 2.19 bits per heavy atom. The Balaban J connectivity index is 1.74. The highest BCUT2D eigenvalue weighted by atomic mass is 79.9. The van der Waals surface area contributed by atoms with E-state index in [1.807, 2.05) is 0 Å². The molecule has 3 rings (SSSR count). The number of rotatable bonds is 5. The van der Waals surface area contributed by atoms with Gasteiger partial charge in [-0.1, -0.05) is 27.5 Å². The molecule has 21 heavy (non-hydrogen) atoms. The molecule has 1 saturated carbocycles. The summed E-state index contributed by atoms with van der Waals surface area (Å²) in [4.78, 5) is 4.17. The molecule has 1 aromatic carbocycles. The maximum absolute atomic E-state index is 13.7. The second-order valence-electron chi connectivity index (χ2n) is 4.96. The summed E-state index contributed by atoms with van der Waals surface area (Å²) in [5.41, 5.74) is 0.981. The highest BCUT2D eigenvalue weighted by Gasteiger charge is 2.20. The van der Waals surface area contributed by atoms with Crippen molar-refractivity contribution >= 4 is 27.5 Å². The van der Waals surface area contributed by atoms with E-state index in [4.69, 9.17) is 16.3 Å². The van der Waals surface area contributed by atoms with E-state index in [0.717, 1.165) is 16.6 Å². The topological polar surface area (TPSA) is 34.1 Å². The van der Waals surface area contributed by atoms with Gasteiger partial charge in [0.25, 0.3) is 0 Å². The molecule has 0 radical (unpaired) electrons. The Labute approximate surface area is 135 Å². The van der Waals surface area contributed by atoms with E-state index >= 15 is 0 Å². The first-order chi connectivity index (χ1) is 10.1. The van der Waals surface area contributed by atoms with Crippen LogP contribution in [0.1, 0.15) is 18.4 Å². The SMILES string of the molecule is Fc1ccc(Br)cc1Oc1ncc(CNC2CC2)cc1Cl. The Bertz CT molecular complexity index is 664. The Hall–Kier alpha value is -1.17. The van der Waals surface area contributed by atoms with Crippen LogP contribution in [0.25, 0.3) is 0 Å². The number of ether oxygens (including phenoxy) is 1. The van der Waals surface area contributed by atoms with Crippen LogP contribution in [0.15, 0.2) is 34.9 Å². The van der Waals surface area contributed by atoms with E-state index in [0.29, 0.717) is 11.1 Å². The zero-order valence-electron chi connectivity index (χ0n) is 11.1. The van der Waals surface area contributed by atoms with E-state index in [1.165, 1.54) is 25.0 Å². The first-order valence-electron chi connectivity index (χ1n) is 6.62. The first kappa shape index (κ1) is 14.8. The zero-order valence-corrected chi connectivity index (χ0v) is 13.4. The maximum Gasteiger partial charge on any atom is 0.238 e. The van der Waals surface area contributed by atoms with Crippen LogP contribution in [0.4, 0.5) is 4.39 Å². The molecule has 1 fully saturated rings. The lowest BCUT2D eigenvalue weighted by molar-refractivity contribution is 0.427. The lowest BCUT2D eigenvalue weighted by Gasteiger charge is -2.09. The minimum absolute atomic E-state index is 0.0858. The number of nitrogens with one attached hydrogen (secondary N) is 1. The lowest BCUT2D eigenvalue weighted by atomic mass is 10.3. The third kappa shape index (κ3) is 3.93.